The van der Waals surface area contributed by atoms with Crippen LogP contribution in [0.3, 0.4) is 0 Å². The monoisotopic (exact) mass is 505 g/mol. The maximum absolute atomic E-state index is 13.8. The molecule has 3 aromatic rings. The van der Waals surface area contributed by atoms with Crippen molar-refractivity contribution in [3.8, 4) is 11.4 Å². The first-order valence-corrected chi connectivity index (χ1v) is 13.5. The van der Waals surface area contributed by atoms with Gasteiger partial charge in [0, 0.05) is 26.7 Å². The van der Waals surface area contributed by atoms with Crippen molar-refractivity contribution in [2.75, 3.05) is 27.4 Å². The molecule has 1 aliphatic rings. The minimum atomic E-state index is -0.340. The lowest BCUT2D eigenvalue weighted by Gasteiger charge is -2.33. The summed E-state index contributed by atoms with van der Waals surface area (Å²) >= 11 is 0. The number of fused-ring (bicyclic) bond motifs is 1. The van der Waals surface area contributed by atoms with E-state index in [2.05, 4.69) is 6.92 Å². The van der Waals surface area contributed by atoms with Crippen molar-refractivity contribution in [1.82, 2.24) is 14.5 Å². The van der Waals surface area contributed by atoms with Crippen molar-refractivity contribution < 1.29 is 14.3 Å². The Labute approximate surface area is 219 Å². The van der Waals surface area contributed by atoms with Crippen molar-refractivity contribution in [2.24, 2.45) is 5.92 Å². The number of para-hydroxylation sites is 1. The van der Waals surface area contributed by atoms with E-state index in [0.717, 1.165) is 12.8 Å². The molecule has 1 aliphatic carbocycles. The van der Waals surface area contributed by atoms with Gasteiger partial charge in [0.2, 0.25) is 5.91 Å². The van der Waals surface area contributed by atoms with Crippen LogP contribution in [0, 0.1) is 5.92 Å². The lowest BCUT2D eigenvalue weighted by atomic mass is 10.0. The minimum Gasteiger partial charge on any atom is -0.497 e. The van der Waals surface area contributed by atoms with Crippen LogP contribution >= 0.6 is 0 Å². The number of hydrogen-bond acceptors (Lipinski definition) is 5. The molecule has 4 rings (SSSR count). The molecular weight excluding hydrogens is 466 g/mol. The Bertz CT molecular complexity index is 1230. The van der Waals surface area contributed by atoms with Crippen molar-refractivity contribution in [3.05, 3.63) is 64.7 Å². The van der Waals surface area contributed by atoms with Crippen LogP contribution in [0.4, 0.5) is 0 Å². The average molecular weight is 506 g/mol. The molecule has 0 radical (unpaired) electrons. The number of aromatic nitrogens is 2. The SMILES string of the molecule is CCC(c1nc2ccccc2c(=O)n1-c1ccc(OC)cc1)N(CCCOC)C(=O)CCC1CCCC1. The number of carbonyl (C=O) groups excluding carboxylic acids is 1. The van der Waals surface area contributed by atoms with Gasteiger partial charge in [0.25, 0.3) is 5.56 Å². The Morgan fingerprint density at radius 2 is 1.84 bits per heavy atom. The molecule has 37 heavy (non-hydrogen) atoms. The predicted octanol–water partition coefficient (Wildman–Crippen LogP) is 5.68. The maximum Gasteiger partial charge on any atom is 0.266 e. The molecule has 1 amide bonds. The first-order chi connectivity index (χ1) is 18.1. The summed E-state index contributed by atoms with van der Waals surface area (Å²) in [5.41, 5.74) is 1.20. The van der Waals surface area contributed by atoms with E-state index in [9.17, 15) is 9.59 Å². The standard InChI is InChI=1S/C30H39N3O4/c1-4-27(32(20-9-21-36-2)28(34)19-14-22-10-5-6-11-22)29-31-26-13-8-7-12-25(26)30(35)33(29)23-15-17-24(37-3)18-16-23/h7-8,12-13,15-18,22,27H,4-6,9-11,14,19-21H2,1-3H3. The lowest BCUT2D eigenvalue weighted by Crippen LogP contribution is -2.39. The molecular formula is C30H39N3O4. The quantitative estimate of drug-likeness (QED) is 0.296. The summed E-state index contributed by atoms with van der Waals surface area (Å²) in [4.78, 5) is 34.5. The smallest absolute Gasteiger partial charge is 0.266 e. The van der Waals surface area contributed by atoms with Crippen LogP contribution in [0.2, 0.25) is 0 Å². The lowest BCUT2D eigenvalue weighted by molar-refractivity contribution is -0.134. The molecule has 1 unspecified atom stereocenters. The molecule has 1 atom stereocenters. The highest BCUT2D eigenvalue weighted by Crippen LogP contribution is 2.31. The van der Waals surface area contributed by atoms with E-state index in [1.165, 1.54) is 25.7 Å². The van der Waals surface area contributed by atoms with Gasteiger partial charge in [0.15, 0.2) is 0 Å². The van der Waals surface area contributed by atoms with Crippen LogP contribution in [0.1, 0.15) is 70.2 Å². The van der Waals surface area contributed by atoms with Gasteiger partial charge in [-0.1, -0.05) is 44.7 Å². The van der Waals surface area contributed by atoms with E-state index in [1.54, 1.807) is 24.9 Å². The minimum absolute atomic E-state index is 0.124. The molecule has 1 saturated carbocycles. The summed E-state index contributed by atoms with van der Waals surface area (Å²) in [7, 11) is 3.29. The van der Waals surface area contributed by atoms with Crippen LogP contribution in [-0.4, -0.2) is 47.7 Å². The number of methoxy groups -OCH3 is 2. The summed E-state index contributed by atoms with van der Waals surface area (Å²) < 4.78 is 12.3. The van der Waals surface area contributed by atoms with Gasteiger partial charge < -0.3 is 14.4 Å². The van der Waals surface area contributed by atoms with Crippen molar-refractivity contribution in [1.29, 1.82) is 0 Å². The second-order valence-electron chi connectivity index (χ2n) is 9.87. The van der Waals surface area contributed by atoms with Crippen molar-refractivity contribution in [2.45, 2.75) is 64.3 Å². The second kappa shape index (κ2) is 12.9. The number of benzene rings is 2. The van der Waals surface area contributed by atoms with Gasteiger partial charge in [-0.15, -0.1) is 0 Å². The zero-order valence-corrected chi connectivity index (χ0v) is 22.3. The van der Waals surface area contributed by atoms with Gasteiger partial charge in [-0.3, -0.25) is 14.2 Å². The third-order valence-electron chi connectivity index (χ3n) is 7.50. The van der Waals surface area contributed by atoms with Crippen LogP contribution in [0.25, 0.3) is 16.6 Å². The topological polar surface area (TPSA) is 73.7 Å². The van der Waals surface area contributed by atoms with E-state index < -0.39 is 0 Å². The normalized spacial score (nSPS) is 14.7. The summed E-state index contributed by atoms with van der Waals surface area (Å²) in [5.74, 6) is 2.06. The van der Waals surface area contributed by atoms with Crippen LogP contribution in [0.5, 0.6) is 5.75 Å². The fraction of sp³-hybridized carbons (Fsp3) is 0.500. The molecule has 7 heteroatoms. The molecule has 2 aromatic carbocycles. The fourth-order valence-corrected chi connectivity index (χ4v) is 5.50. The largest absolute Gasteiger partial charge is 0.497 e. The van der Waals surface area contributed by atoms with Crippen LogP contribution < -0.4 is 10.3 Å². The Balaban J connectivity index is 1.78. The molecule has 0 N–H and O–H groups in total. The molecule has 1 heterocycles. The van der Waals surface area contributed by atoms with E-state index in [-0.39, 0.29) is 17.5 Å². The summed E-state index contributed by atoms with van der Waals surface area (Å²) in [5, 5.41) is 0.551. The molecule has 0 bridgehead atoms. The summed E-state index contributed by atoms with van der Waals surface area (Å²) in [6, 6.07) is 14.5. The number of rotatable bonds is 12. The Morgan fingerprint density at radius 3 is 2.51 bits per heavy atom. The molecule has 0 aliphatic heterocycles. The first-order valence-electron chi connectivity index (χ1n) is 13.5. The zero-order chi connectivity index (χ0) is 26.2. The highest BCUT2D eigenvalue weighted by atomic mass is 16.5. The van der Waals surface area contributed by atoms with Gasteiger partial charge in [0.05, 0.1) is 29.7 Å². The predicted molar refractivity (Wildman–Crippen MR) is 146 cm³/mol. The molecule has 7 nitrogen and oxygen atoms in total. The van der Waals surface area contributed by atoms with E-state index in [4.69, 9.17) is 14.5 Å². The second-order valence-corrected chi connectivity index (χ2v) is 9.87. The number of carbonyl (C=O) groups is 1. The first kappa shape index (κ1) is 26.9. The number of nitrogens with zero attached hydrogens (tertiary/aromatic N) is 3. The van der Waals surface area contributed by atoms with E-state index >= 15 is 0 Å². The van der Waals surface area contributed by atoms with Crippen LogP contribution in [0.15, 0.2) is 53.3 Å². The van der Waals surface area contributed by atoms with Gasteiger partial charge >= 0.3 is 0 Å². The highest BCUT2D eigenvalue weighted by Gasteiger charge is 2.29. The molecule has 0 saturated heterocycles. The summed E-state index contributed by atoms with van der Waals surface area (Å²) in [6.45, 7) is 3.18. The summed E-state index contributed by atoms with van der Waals surface area (Å²) in [6.07, 6.45) is 7.79. The Kier molecular flexibility index (Phi) is 9.34. The fourth-order valence-electron chi connectivity index (χ4n) is 5.50. The third-order valence-corrected chi connectivity index (χ3v) is 7.50. The average Bonchev–Trinajstić information content (AvgIpc) is 3.45. The molecule has 0 spiro atoms. The van der Waals surface area contributed by atoms with Crippen molar-refractivity contribution in [3.63, 3.8) is 0 Å². The van der Waals surface area contributed by atoms with Crippen LogP contribution in [-0.2, 0) is 9.53 Å². The van der Waals surface area contributed by atoms with E-state index in [1.807, 2.05) is 47.4 Å². The van der Waals surface area contributed by atoms with Crippen molar-refractivity contribution >= 4 is 16.8 Å². The van der Waals surface area contributed by atoms with Gasteiger partial charge in [-0.25, -0.2) is 4.98 Å². The number of ether oxygens (including phenoxy) is 2. The molecule has 1 fully saturated rings. The molecule has 1 aromatic heterocycles. The Morgan fingerprint density at radius 1 is 1.11 bits per heavy atom. The van der Waals surface area contributed by atoms with Gasteiger partial charge in [0.1, 0.15) is 11.6 Å². The van der Waals surface area contributed by atoms with Gasteiger partial charge in [-0.05, 0) is 61.6 Å². The zero-order valence-electron chi connectivity index (χ0n) is 22.3. The maximum atomic E-state index is 13.8. The highest BCUT2D eigenvalue weighted by molar-refractivity contribution is 5.79. The third kappa shape index (κ3) is 6.21. The molecule has 198 valence electrons. The van der Waals surface area contributed by atoms with Gasteiger partial charge in [-0.2, -0.15) is 0 Å². The van der Waals surface area contributed by atoms with E-state index in [0.29, 0.717) is 60.1 Å². The number of hydrogen-bond donors (Lipinski definition) is 0. The number of amides is 1. The Hall–Kier alpha value is -3.19.